The minimum atomic E-state index is -1.79. The normalized spacial score (nSPS) is 21.6. The van der Waals surface area contributed by atoms with E-state index in [0.717, 1.165) is 0 Å². The Morgan fingerprint density at radius 1 is 2.00 bits per heavy atom. The summed E-state index contributed by atoms with van der Waals surface area (Å²) in [6.45, 7) is 0.309. The summed E-state index contributed by atoms with van der Waals surface area (Å²) in [4.78, 5) is 0.458. The van der Waals surface area contributed by atoms with Crippen molar-refractivity contribution in [2.75, 3.05) is 6.61 Å². The van der Waals surface area contributed by atoms with E-state index in [4.69, 9.17) is 4.55 Å². The third-order valence-corrected chi connectivity index (χ3v) is 1.33. The van der Waals surface area contributed by atoms with E-state index in [-0.39, 0.29) is 0 Å². The lowest BCUT2D eigenvalue weighted by molar-refractivity contribution is 0.234. The Labute approximate surface area is 43.3 Å². The first-order chi connectivity index (χ1) is 3.30. The second-order valence-electron chi connectivity index (χ2n) is 1.14. The van der Waals surface area contributed by atoms with Gasteiger partial charge in [-0.3, -0.25) is 0 Å². The molecule has 0 saturated heterocycles. The Balaban J connectivity index is 2.57. The lowest BCUT2D eigenvalue weighted by atomic mass is 10.6. The molecular weight excluding hydrogens is 116 g/mol. The maximum atomic E-state index is 9.94. The van der Waals surface area contributed by atoms with Crippen LogP contribution in [0.5, 0.6) is 0 Å². The maximum absolute atomic E-state index is 9.94. The summed E-state index contributed by atoms with van der Waals surface area (Å²) in [5.41, 5.74) is 0. The summed E-state index contributed by atoms with van der Waals surface area (Å²) in [6, 6.07) is 0. The molecule has 3 nitrogen and oxygen atoms in total. The van der Waals surface area contributed by atoms with Gasteiger partial charge in [-0.25, -0.2) is 4.21 Å². The van der Waals surface area contributed by atoms with Gasteiger partial charge >= 0.3 is 0 Å². The number of hydrogen-bond acceptors (Lipinski definition) is 2. The highest BCUT2D eigenvalue weighted by molar-refractivity contribution is 7.83. The van der Waals surface area contributed by atoms with Crippen LogP contribution in [-0.4, -0.2) is 15.4 Å². The topological polar surface area (TPSA) is 46.5 Å². The van der Waals surface area contributed by atoms with E-state index in [0.29, 0.717) is 11.5 Å². The van der Waals surface area contributed by atoms with Gasteiger partial charge < -0.3 is 9.29 Å². The zero-order chi connectivity index (χ0) is 5.28. The van der Waals surface area contributed by atoms with E-state index in [2.05, 4.69) is 4.74 Å². The highest BCUT2D eigenvalue weighted by Gasteiger charge is 2.11. The van der Waals surface area contributed by atoms with Crippen LogP contribution < -0.4 is 0 Å². The van der Waals surface area contributed by atoms with Crippen molar-refractivity contribution in [3.8, 4) is 0 Å². The molecule has 1 rings (SSSR count). The SMILES string of the molecule is O=S(O)C1=COC1. The first-order valence-corrected chi connectivity index (χ1v) is 2.83. The summed E-state index contributed by atoms with van der Waals surface area (Å²) in [6.07, 6.45) is 1.29. The third-order valence-electron chi connectivity index (χ3n) is 0.665. The molecule has 1 unspecified atom stereocenters. The molecule has 1 aliphatic rings. The van der Waals surface area contributed by atoms with E-state index >= 15 is 0 Å². The Morgan fingerprint density at radius 3 is 2.57 bits per heavy atom. The largest absolute Gasteiger partial charge is 0.495 e. The quantitative estimate of drug-likeness (QED) is 0.498. The van der Waals surface area contributed by atoms with Gasteiger partial charge in [0.1, 0.15) is 17.8 Å². The molecule has 1 N–H and O–H groups in total. The van der Waals surface area contributed by atoms with Crippen molar-refractivity contribution in [1.82, 2.24) is 0 Å². The lowest BCUT2D eigenvalue weighted by Gasteiger charge is -2.10. The van der Waals surface area contributed by atoms with Gasteiger partial charge in [-0.1, -0.05) is 0 Å². The average Bonchev–Trinajstić information content (AvgIpc) is 1.23. The summed E-state index contributed by atoms with van der Waals surface area (Å²) < 4.78 is 22.6. The summed E-state index contributed by atoms with van der Waals surface area (Å²) in [5.74, 6) is 0. The van der Waals surface area contributed by atoms with Gasteiger partial charge in [0.15, 0.2) is 11.1 Å². The van der Waals surface area contributed by atoms with Crippen LogP contribution in [-0.2, 0) is 15.8 Å². The second-order valence-corrected chi connectivity index (χ2v) is 2.17. The van der Waals surface area contributed by atoms with Crippen LogP contribution in [0.1, 0.15) is 0 Å². The molecule has 0 bridgehead atoms. The Bertz CT molecular complexity index is 128. The van der Waals surface area contributed by atoms with Gasteiger partial charge in [0.25, 0.3) is 0 Å². The maximum Gasteiger partial charge on any atom is 0.189 e. The van der Waals surface area contributed by atoms with Crippen molar-refractivity contribution in [2.45, 2.75) is 0 Å². The molecule has 4 heteroatoms. The second kappa shape index (κ2) is 1.63. The molecule has 0 aromatic heterocycles. The smallest absolute Gasteiger partial charge is 0.189 e. The minimum Gasteiger partial charge on any atom is -0.495 e. The zero-order valence-corrected chi connectivity index (χ0v) is 4.27. The average molecular weight is 120 g/mol. The van der Waals surface area contributed by atoms with E-state index in [1.54, 1.807) is 0 Å². The zero-order valence-electron chi connectivity index (χ0n) is 3.46. The molecule has 1 heterocycles. The molecule has 0 amide bonds. The number of hydrogen-bond donors (Lipinski definition) is 1. The first-order valence-electron chi connectivity index (χ1n) is 1.72. The molecule has 0 fully saturated rings. The highest BCUT2D eigenvalue weighted by Crippen LogP contribution is 2.08. The van der Waals surface area contributed by atoms with E-state index in [9.17, 15) is 4.21 Å². The van der Waals surface area contributed by atoms with Crippen molar-refractivity contribution >= 4 is 11.1 Å². The van der Waals surface area contributed by atoms with Crippen LogP contribution in [0, 0.1) is 0 Å². The number of ether oxygens (including phenoxy) is 1. The van der Waals surface area contributed by atoms with E-state index in [1.165, 1.54) is 6.26 Å². The molecular formula is C3H4O3S. The molecule has 7 heavy (non-hydrogen) atoms. The number of rotatable bonds is 1. The van der Waals surface area contributed by atoms with Gasteiger partial charge in [0.2, 0.25) is 0 Å². The third kappa shape index (κ3) is 0.808. The predicted molar refractivity (Wildman–Crippen MR) is 24.8 cm³/mol. The standard InChI is InChI=1S/C3H4O3S/c4-7(5)3-1-6-2-3/h1H,2H2,(H,4,5). The van der Waals surface area contributed by atoms with Crippen LogP contribution in [0.4, 0.5) is 0 Å². The van der Waals surface area contributed by atoms with Gasteiger partial charge in [0.05, 0.1) is 0 Å². The molecule has 0 saturated carbocycles. The van der Waals surface area contributed by atoms with Crippen molar-refractivity contribution in [2.24, 2.45) is 0 Å². The highest BCUT2D eigenvalue weighted by atomic mass is 32.2. The molecule has 40 valence electrons. The van der Waals surface area contributed by atoms with E-state index in [1.807, 2.05) is 0 Å². The molecule has 0 aromatic carbocycles. The molecule has 0 aromatic rings. The minimum absolute atomic E-state index is 0.309. The van der Waals surface area contributed by atoms with Crippen molar-refractivity contribution in [3.63, 3.8) is 0 Å². The predicted octanol–water partition coefficient (Wildman–Crippen LogP) is 0.0797. The molecule has 0 spiro atoms. The fourth-order valence-electron chi connectivity index (χ4n) is 0.243. The van der Waals surface area contributed by atoms with Gasteiger partial charge in [-0.05, 0) is 0 Å². The van der Waals surface area contributed by atoms with Crippen LogP contribution in [0.15, 0.2) is 11.2 Å². The van der Waals surface area contributed by atoms with Crippen LogP contribution in [0.2, 0.25) is 0 Å². The van der Waals surface area contributed by atoms with Crippen LogP contribution in [0.3, 0.4) is 0 Å². The van der Waals surface area contributed by atoms with Gasteiger partial charge in [0, 0.05) is 0 Å². The fourth-order valence-corrected chi connectivity index (χ4v) is 0.562. The van der Waals surface area contributed by atoms with Crippen molar-refractivity contribution in [1.29, 1.82) is 0 Å². The van der Waals surface area contributed by atoms with E-state index < -0.39 is 11.1 Å². The molecule has 1 aliphatic heterocycles. The lowest BCUT2D eigenvalue weighted by Crippen LogP contribution is -2.09. The molecule has 0 aliphatic carbocycles. The van der Waals surface area contributed by atoms with Crippen LogP contribution in [0.25, 0.3) is 0 Å². The summed E-state index contributed by atoms with van der Waals surface area (Å²) in [7, 11) is 0. The fraction of sp³-hybridized carbons (Fsp3) is 0.333. The molecule has 1 atom stereocenters. The van der Waals surface area contributed by atoms with Crippen molar-refractivity contribution < 1.29 is 13.5 Å². The van der Waals surface area contributed by atoms with Gasteiger partial charge in [-0.15, -0.1) is 0 Å². The molecule has 0 radical (unpaired) electrons. The Hall–Kier alpha value is -0.350. The summed E-state index contributed by atoms with van der Waals surface area (Å²) >= 11 is -1.79. The Kier molecular flexibility index (Phi) is 1.12. The van der Waals surface area contributed by atoms with Gasteiger partial charge in [-0.2, -0.15) is 0 Å². The first kappa shape index (κ1) is 4.80. The summed E-state index contributed by atoms with van der Waals surface area (Å²) in [5, 5.41) is 0. The Morgan fingerprint density at radius 2 is 2.57 bits per heavy atom. The monoisotopic (exact) mass is 120 g/mol. The van der Waals surface area contributed by atoms with Crippen LogP contribution >= 0.6 is 0 Å². The van der Waals surface area contributed by atoms with Crippen molar-refractivity contribution in [3.05, 3.63) is 11.2 Å².